The molecule has 2 N–H and O–H groups in total. The maximum atomic E-state index is 12.1. The lowest BCUT2D eigenvalue weighted by Gasteiger charge is -2.20. The predicted octanol–water partition coefficient (Wildman–Crippen LogP) is 0.992. The SMILES string of the molecule is O=C(NC1CC1)[C@@H]1COC(=O)N1Cc1cccc(O)c1. The Balaban J connectivity index is 1.71. The minimum atomic E-state index is -0.592. The molecule has 0 unspecified atom stereocenters. The number of ether oxygens (including phenoxy) is 1. The molecule has 1 aromatic rings. The van der Waals surface area contributed by atoms with Crippen LogP contribution in [0.3, 0.4) is 0 Å². The molecular formula is C14H16N2O4. The Morgan fingerprint density at radius 2 is 2.25 bits per heavy atom. The number of phenolic OH excluding ortho intramolecular Hbond substituents is 1. The topological polar surface area (TPSA) is 78.9 Å². The number of cyclic esters (lactones) is 1. The van der Waals surface area contributed by atoms with E-state index < -0.39 is 12.1 Å². The number of aromatic hydroxyl groups is 1. The molecule has 20 heavy (non-hydrogen) atoms. The lowest BCUT2D eigenvalue weighted by molar-refractivity contribution is -0.125. The molecule has 2 aliphatic rings. The molecule has 6 nitrogen and oxygen atoms in total. The van der Waals surface area contributed by atoms with Gasteiger partial charge in [-0.05, 0) is 30.5 Å². The molecule has 0 aromatic heterocycles. The lowest BCUT2D eigenvalue weighted by Crippen LogP contribution is -2.46. The molecule has 1 saturated carbocycles. The summed E-state index contributed by atoms with van der Waals surface area (Å²) in [7, 11) is 0. The van der Waals surface area contributed by atoms with Crippen LogP contribution in [0.25, 0.3) is 0 Å². The third kappa shape index (κ3) is 2.68. The van der Waals surface area contributed by atoms with Crippen molar-refractivity contribution >= 4 is 12.0 Å². The molecule has 0 spiro atoms. The molecule has 0 radical (unpaired) electrons. The normalized spacial score (nSPS) is 21.7. The van der Waals surface area contributed by atoms with Crippen LogP contribution in [0.4, 0.5) is 4.79 Å². The molecule has 1 aliphatic heterocycles. The number of hydrogen-bond donors (Lipinski definition) is 2. The Morgan fingerprint density at radius 1 is 1.45 bits per heavy atom. The predicted molar refractivity (Wildman–Crippen MR) is 70.0 cm³/mol. The minimum absolute atomic E-state index is 0.0796. The van der Waals surface area contributed by atoms with E-state index in [0.29, 0.717) is 0 Å². The molecule has 0 bridgehead atoms. The minimum Gasteiger partial charge on any atom is -0.508 e. The number of nitrogens with zero attached hydrogens (tertiary/aromatic N) is 1. The van der Waals surface area contributed by atoms with Crippen LogP contribution in [0, 0.1) is 0 Å². The first-order valence-corrected chi connectivity index (χ1v) is 6.65. The highest BCUT2D eigenvalue weighted by atomic mass is 16.6. The van der Waals surface area contributed by atoms with E-state index in [1.165, 1.54) is 4.90 Å². The Hall–Kier alpha value is -2.24. The molecule has 1 aliphatic carbocycles. The second kappa shape index (κ2) is 5.03. The van der Waals surface area contributed by atoms with E-state index in [1.807, 2.05) is 0 Å². The van der Waals surface area contributed by atoms with Crippen LogP contribution in [0.2, 0.25) is 0 Å². The zero-order valence-electron chi connectivity index (χ0n) is 10.9. The van der Waals surface area contributed by atoms with Gasteiger partial charge in [0.25, 0.3) is 0 Å². The standard InChI is InChI=1S/C14H16N2O4/c17-11-3-1-2-9(6-11)7-16-12(8-20-14(16)19)13(18)15-10-4-5-10/h1-3,6,10,12,17H,4-5,7-8H2,(H,15,18)/t12-/m0/s1. The molecule has 2 amide bonds. The van der Waals surface area contributed by atoms with Gasteiger partial charge in [0.2, 0.25) is 5.91 Å². The quantitative estimate of drug-likeness (QED) is 0.859. The van der Waals surface area contributed by atoms with Gasteiger partial charge in [0.15, 0.2) is 0 Å². The van der Waals surface area contributed by atoms with Crippen LogP contribution in [0.15, 0.2) is 24.3 Å². The van der Waals surface area contributed by atoms with Crippen molar-refractivity contribution in [2.45, 2.75) is 31.5 Å². The van der Waals surface area contributed by atoms with Crippen LogP contribution in [-0.4, -0.2) is 40.7 Å². The summed E-state index contributed by atoms with van der Waals surface area (Å²) in [5.41, 5.74) is 0.757. The van der Waals surface area contributed by atoms with Crippen molar-refractivity contribution in [3.8, 4) is 5.75 Å². The van der Waals surface area contributed by atoms with Crippen molar-refractivity contribution in [3.05, 3.63) is 29.8 Å². The van der Waals surface area contributed by atoms with Crippen LogP contribution in [0.5, 0.6) is 5.75 Å². The summed E-state index contributed by atoms with van der Waals surface area (Å²) in [6.45, 7) is 0.326. The van der Waals surface area contributed by atoms with E-state index >= 15 is 0 Å². The summed E-state index contributed by atoms with van der Waals surface area (Å²) in [5.74, 6) is -0.0347. The molecule has 1 heterocycles. The maximum absolute atomic E-state index is 12.1. The van der Waals surface area contributed by atoms with Crippen molar-refractivity contribution in [2.24, 2.45) is 0 Å². The summed E-state index contributed by atoms with van der Waals surface area (Å²) in [5, 5.41) is 12.3. The van der Waals surface area contributed by atoms with Gasteiger partial charge in [0.1, 0.15) is 18.4 Å². The lowest BCUT2D eigenvalue weighted by atomic mass is 10.1. The summed E-state index contributed by atoms with van der Waals surface area (Å²) < 4.78 is 4.97. The number of benzene rings is 1. The fraction of sp³-hybridized carbons (Fsp3) is 0.429. The second-order valence-corrected chi connectivity index (χ2v) is 5.17. The van der Waals surface area contributed by atoms with Crippen molar-refractivity contribution in [1.29, 1.82) is 0 Å². The van der Waals surface area contributed by atoms with Crippen molar-refractivity contribution in [1.82, 2.24) is 10.2 Å². The molecule has 2 fully saturated rings. The number of rotatable bonds is 4. The number of nitrogens with one attached hydrogen (secondary N) is 1. The average Bonchev–Trinajstić information content (AvgIpc) is 3.14. The summed E-state index contributed by atoms with van der Waals surface area (Å²) in [6.07, 6.45) is 1.50. The number of phenols is 1. The number of hydrogen-bond acceptors (Lipinski definition) is 4. The monoisotopic (exact) mass is 276 g/mol. The van der Waals surface area contributed by atoms with E-state index in [4.69, 9.17) is 4.74 Å². The maximum Gasteiger partial charge on any atom is 0.410 e. The molecule has 6 heteroatoms. The number of carbonyl (C=O) groups is 2. The van der Waals surface area contributed by atoms with Gasteiger partial charge in [-0.3, -0.25) is 9.69 Å². The molecule has 1 atom stereocenters. The van der Waals surface area contributed by atoms with Gasteiger partial charge in [-0.25, -0.2) is 4.79 Å². The van der Waals surface area contributed by atoms with E-state index in [-0.39, 0.29) is 30.9 Å². The fourth-order valence-corrected chi connectivity index (χ4v) is 2.22. The Labute approximate surface area is 116 Å². The first-order valence-electron chi connectivity index (χ1n) is 6.65. The van der Waals surface area contributed by atoms with Crippen molar-refractivity contribution < 1.29 is 19.4 Å². The summed E-state index contributed by atoms with van der Waals surface area (Å²) >= 11 is 0. The zero-order chi connectivity index (χ0) is 14.1. The van der Waals surface area contributed by atoms with Gasteiger partial charge in [-0.1, -0.05) is 12.1 Å². The summed E-state index contributed by atoms with van der Waals surface area (Å²) in [4.78, 5) is 25.2. The highest BCUT2D eigenvalue weighted by Gasteiger charge is 2.39. The van der Waals surface area contributed by atoms with Gasteiger partial charge in [0.05, 0.1) is 6.54 Å². The fourth-order valence-electron chi connectivity index (χ4n) is 2.22. The van der Waals surface area contributed by atoms with E-state index in [2.05, 4.69) is 5.32 Å². The number of carbonyl (C=O) groups excluding carboxylic acids is 2. The third-order valence-corrected chi connectivity index (χ3v) is 3.47. The van der Waals surface area contributed by atoms with E-state index in [9.17, 15) is 14.7 Å². The Kier molecular flexibility index (Phi) is 3.22. The Bertz CT molecular complexity index is 542. The van der Waals surface area contributed by atoms with Gasteiger partial charge in [-0.2, -0.15) is 0 Å². The molecule has 1 aromatic carbocycles. The van der Waals surface area contributed by atoms with Crippen LogP contribution in [0.1, 0.15) is 18.4 Å². The average molecular weight is 276 g/mol. The van der Waals surface area contributed by atoms with Crippen LogP contribution in [-0.2, 0) is 16.1 Å². The highest BCUT2D eigenvalue weighted by molar-refractivity contribution is 5.88. The third-order valence-electron chi connectivity index (χ3n) is 3.47. The van der Waals surface area contributed by atoms with Crippen LogP contribution >= 0.6 is 0 Å². The highest BCUT2D eigenvalue weighted by Crippen LogP contribution is 2.22. The van der Waals surface area contributed by atoms with Gasteiger partial charge >= 0.3 is 6.09 Å². The number of amides is 2. The zero-order valence-corrected chi connectivity index (χ0v) is 10.9. The second-order valence-electron chi connectivity index (χ2n) is 5.17. The first-order chi connectivity index (χ1) is 9.63. The van der Waals surface area contributed by atoms with Gasteiger partial charge < -0.3 is 15.2 Å². The van der Waals surface area contributed by atoms with E-state index in [1.54, 1.807) is 24.3 Å². The first kappa shape index (κ1) is 12.8. The van der Waals surface area contributed by atoms with E-state index in [0.717, 1.165) is 18.4 Å². The molecular weight excluding hydrogens is 260 g/mol. The molecule has 106 valence electrons. The molecule has 1 saturated heterocycles. The van der Waals surface area contributed by atoms with Crippen LogP contribution < -0.4 is 5.32 Å². The largest absolute Gasteiger partial charge is 0.508 e. The van der Waals surface area contributed by atoms with Crippen molar-refractivity contribution in [3.63, 3.8) is 0 Å². The molecule has 3 rings (SSSR count). The van der Waals surface area contributed by atoms with Gasteiger partial charge in [-0.15, -0.1) is 0 Å². The summed E-state index contributed by atoms with van der Waals surface area (Å²) in [6, 6.07) is 6.28. The van der Waals surface area contributed by atoms with Gasteiger partial charge in [0, 0.05) is 6.04 Å². The van der Waals surface area contributed by atoms with Crippen molar-refractivity contribution in [2.75, 3.05) is 6.61 Å². The Morgan fingerprint density at radius 3 is 2.95 bits per heavy atom. The smallest absolute Gasteiger partial charge is 0.410 e.